The lowest BCUT2D eigenvalue weighted by atomic mass is 10.2. The number of hydrogen-bond donors (Lipinski definition) is 1. The Morgan fingerprint density at radius 3 is 2.76 bits per heavy atom. The number of rotatable bonds is 9. The van der Waals surface area contributed by atoms with Crippen molar-refractivity contribution < 1.29 is 23.8 Å². The average Bonchev–Trinajstić information content (AvgIpc) is 2.51. The summed E-state index contributed by atoms with van der Waals surface area (Å²) in [5, 5.41) is 2.31. The number of hydrogen-bond acceptors (Lipinski definition) is 5. The highest BCUT2D eigenvalue weighted by Gasteiger charge is 2.08. The number of benzene rings is 1. The van der Waals surface area contributed by atoms with E-state index in [1.165, 1.54) is 13.2 Å². The number of amides is 1. The quantitative estimate of drug-likeness (QED) is 0.322. The van der Waals surface area contributed by atoms with Gasteiger partial charge in [0.1, 0.15) is 11.4 Å². The lowest BCUT2D eigenvalue weighted by Crippen LogP contribution is -2.19. The topological polar surface area (TPSA) is 73.9 Å². The molecule has 6 heteroatoms. The first kappa shape index (κ1) is 16.7. The Hall–Kier alpha value is -2.34. The maximum absolute atomic E-state index is 11.5. The van der Waals surface area contributed by atoms with E-state index in [4.69, 9.17) is 9.47 Å². The van der Waals surface area contributed by atoms with Crippen LogP contribution >= 0.6 is 0 Å². The van der Waals surface area contributed by atoms with Crippen molar-refractivity contribution in [3.63, 3.8) is 0 Å². The van der Waals surface area contributed by atoms with E-state index >= 15 is 0 Å². The Morgan fingerprint density at radius 1 is 1.29 bits per heavy atom. The van der Waals surface area contributed by atoms with Crippen LogP contribution in [0.15, 0.2) is 30.0 Å². The van der Waals surface area contributed by atoms with Crippen molar-refractivity contribution in [2.45, 2.75) is 6.42 Å². The molecule has 0 aliphatic carbocycles. The molecule has 0 aliphatic rings. The second-order valence-corrected chi connectivity index (χ2v) is 4.08. The van der Waals surface area contributed by atoms with Gasteiger partial charge in [0, 0.05) is 20.1 Å². The summed E-state index contributed by atoms with van der Waals surface area (Å²) in [6, 6.07) is 7.17. The largest absolute Gasteiger partial charge is 0.493 e. The number of carbonyl (C=O) groups excluding carboxylic acids is 2. The SMILES string of the molecule is COCCCOc1cccc(C=C(NC=O)C(=O)OC)c1. The minimum absolute atomic E-state index is 0.0593. The molecule has 0 saturated heterocycles. The highest BCUT2D eigenvalue weighted by molar-refractivity contribution is 5.95. The molecular formula is C15H19NO5. The van der Waals surface area contributed by atoms with Crippen molar-refractivity contribution in [1.82, 2.24) is 5.32 Å². The van der Waals surface area contributed by atoms with Crippen LogP contribution in [0.2, 0.25) is 0 Å². The van der Waals surface area contributed by atoms with Gasteiger partial charge in [0.25, 0.3) is 0 Å². The Morgan fingerprint density at radius 2 is 2.10 bits per heavy atom. The highest BCUT2D eigenvalue weighted by atomic mass is 16.5. The van der Waals surface area contributed by atoms with Crippen molar-refractivity contribution >= 4 is 18.5 Å². The van der Waals surface area contributed by atoms with Gasteiger partial charge in [0.05, 0.1) is 13.7 Å². The van der Waals surface area contributed by atoms with Crippen molar-refractivity contribution in [2.75, 3.05) is 27.4 Å². The van der Waals surface area contributed by atoms with E-state index in [-0.39, 0.29) is 5.70 Å². The summed E-state index contributed by atoms with van der Waals surface area (Å²) >= 11 is 0. The smallest absolute Gasteiger partial charge is 0.354 e. The third-order valence-corrected chi connectivity index (χ3v) is 2.55. The molecule has 21 heavy (non-hydrogen) atoms. The fourth-order valence-electron chi connectivity index (χ4n) is 1.59. The monoisotopic (exact) mass is 293 g/mol. The number of ether oxygens (including phenoxy) is 3. The predicted octanol–water partition coefficient (Wildman–Crippen LogP) is 1.36. The standard InChI is InChI=1S/C15H19NO5/c1-19-7-4-8-21-13-6-3-5-12(9-13)10-14(16-11-17)15(18)20-2/h3,5-6,9-11H,4,7-8H2,1-2H3,(H,16,17). The fraction of sp³-hybridized carbons (Fsp3) is 0.333. The molecule has 1 N–H and O–H groups in total. The summed E-state index contributed by atoms with van der Waals surface area (Å²) in [5.41, 5.74) is 0.776. The van der Waals surface area contributed by atoms with E-state index in [2.05, 4.69) is 10.1 Å². The lowest BCUT2D eigenvalue weighted by Gasteiger charge is -2.07. The molecule has 0 saturated carbocycles. The maximum Gasteiger partial charge on any atom is 0.354 e. The third-order valence-electron chi connectivity index (χ3n) is 2.55. The minimum Gasteiger partial charge on any atom is -0.493 e. The Balaban J connectivity index is 2.77. The molecule has 0 atom stereocenters. The van der Waals surface area contributed by atoms with Crippen LogP contribution in [0.3, 0.4) is 0 Å². The van der Waals surface area contributed by atoms with Gasteiger partial charge in [-0.3, -0.25) is 4.79 Å². The van der Waals surface area contributed by atoms with Crippen LogP contribution < -0.4 is 10.1 Å². The Labute approximate surface area is 123 Å². The number of carbonyl (C=O) groups is 2. The van der Waals surface area contributed by atoms with Crippen LogP contribution in [-0.2, 0) is 19.1 Å². The summed E-state index contributed by atoms with van der Waals surface area (Å²) in [4.78, 5) is 22.0. The molecule has 114 valence electrons. The van der Waals surface area contributed by atoms with Gasteiger partial charge in [-0.1, -0.05) is 12.1 Å². The van der Waals surface area contributed by atoms with Gasteiger partial charge in [0.15, 0.2) is 0 Å². The van der Waals surface area contributed by atoms with Gasteiger partial charge in [0.2, 0.25) is 6.41 Å². The van der Waals surface area contributed by atoms with Crippen LogP contribution in [0.25, 0.3) is 6.08 Å². The predicted molar refractivity (Wildman–Crippen MR) is 77.6 cm³/mol. The third kappa shape index (κ3) is 6.09. The first-order chi connectivity index (χ1) is 10.2. The Kier molecular flexibility index (Phi) is 7.60. The van der Waals surface area contributed by atoms with Crippen LogP contribution in [0.1, 0.15) is 12.0 Å². The second-order valence-electron chi connectivity index (χ2n) is 4.08. The van der Waals surface area contributed by atoms with Crippen LogP contribution in [0.5, 0.6) is 5.75 Å². The summed E-state index contributed by atoms with van der Waals surface area (Å²) < 4.78 is 15.1. The van der Waals surface area contributed by atoms with Crippen LogP contribution in [-0.4, -0.2) is 39.8 Å². The molecule has 1 rings (SSSR count). The zero-order valence-electron chi connectivity index (χ0n) is 12.1. The highest BCUT2D eigenvalue weighted by Crippen LogP contribution is 2.16. The summed E-state index contributed by atoms with van der Waals surface area (Å²) in [6.07, 6.45) is 2.73. The van der Waals surface area contributed by atoms with E-state index in [1.807, 2.05) is 6.07 Å². The van der Waals surface area contributed by atoms with E-state index in [1.54, 1.807) is 25.3 Å². The molecule has 0 aliphatic heterocycles. The van der Waals surface area contributed by atoms with E-state index < -0.39 is 5.97 Å². The molecule has 1 amide bonds. The van der Waals surface area contributed by atoms with Gasteiger partial charge < -0.3 is 19.5 Å². The summed E-state index contributed by atoms with van der Waals surface area (Å²) in [5.74, 6) is 0.0590. The second kappa shape index (κ2) is 9.55. The Bertz CT molecular complexity index is 499. The summed E-state index contributed by atoms with van der Waals surface area (Å²) in [7, 11) is 2.89. The van der Waals surface area contributed by atoms with Gasteiger partial charge in [-0.05, 0) is 23.8 Å². The normalized spacial score (nSPS) is 10.9. The molecule has 6 nitrogen and oxygen atoms in total. The number of methoxy groups -OCH3 is 2. The van der Waals surface area contributed by atoms with Gasteiger partial charge >= 0.3 is 5.97 Å². The average molecular weight is 293 g/mol. The molecule has 1 aromatic carbocycles. The molecule has 1 aromatic rings. The number of nitrogens with one attached hydrogen (secondary N) is 1. The molecule has 0 heterocycles. The minimum atomic E-state index is -0.617. The lowest BCUT2D eigenvalue weighted by molar-refractivity contribution is -0.137. The summed E-state index contributed by atoms with van der Waals surface area (Å²) in [6.45, 7) is 1.17. The van der Waals surface area contributed by atoms with Gasteiger partial charge in [-0.15, -0.1) is 0 Å². The molecule has 0 fully saturated rings. The van der Waals surface area contributed by atoms with Crippen molar-refractivity contribution in [3.05, 3.63) is 35.5 Å². The van der Waals surface area contributed by atoms with Crippen LogP contribution in [0.4, 0.5) is 0 Å². The van der Waals surface area contributed by atoms with E-state index in [0.717, 1.165) is 6.42 Å². The van der Waals surface area contributed by atoms with Crippen molar-refractivity contribution in [2.24, 2.45) is 0 Å². The zero-order chi connectivity index (χ0) is 15.5. The van der Waals surface area contributed by atoms with Crippen LogP contribution in [0, 0.1) is 0 Å². The number of esters is 1. The van der Waals surface area contributed by atoms with Gasteiger partial charge in [-0.25, -0.2) is 4.79 Å². The molecular weight excluding hydrogens is 274 g/mol. The van der Waals surface area contributed by atoms with E-state index in [0.29, 0.717) is 30.9 Å². The zero-order valence-corrected chi connectivity index (χ0v) is 12.1. The maximum atomic E-state index is 11.5. The molecule has 0 radical (unpaired) electrons. The van der Waals surface area contributed by atoms with E-state index in [9.17, 15) is 9.59 Å². The molecule has 0 spiro atoms. The van der Waals surface area contributed by atoms with Crippen molar-refractivity contribution in [3.8, 4) is 5.75 Å². The molecule has 0 unspecified atom stereocenters. The van der Waals surface area contributed by atoms with Gasteiger partial charge in [-0.2, -0.15) is 0 Å². The first-order valence-electron chi connectivity index (χ1n) is 6.43. The first-order valence-corrected chi connectivity index (χ1v) is 6.43. The molecule has 0 bridgehead atoms. The fourth-order valence-corrected chi connectivity index (χ4v) is 1.59. The molecule has 0 aromatic heterocycles. The van der Waals surface area contributed by atoms with Crippen molar-refractivity contribution in [1.29, 1.82) is 0 Å².